The van der Waals surface area contributed by atoms with E-state index in [2.05, 4.69) is 15.4 Å². The van der Waals surface area contributed by atoms with E-state index in [0.717, 1.165) is 22.8 Å². The largest absolute Gasteiger partial charge is 0.325 e. The summed E-state index contributed by atoms with van der Waals surface area (Å²) in [6, 6.07) is 13.5. The van der Waals surface area contributed by atoms with Gasteiger partial charge in [-0.3, -0.25) is 9.78 Å². The molecule has 0 unspecified atom stereocenters. The summed E-state index contributed by atoms with van der Waals surface area (Å²) in [5.41, 5.74) is 3.92. The van der Waals surface area contributed by atoms with Gasteiger partial charge in [0.1, 0.15) is 0 Å². The first kappa shape index (κ1) is 16.3. The van der Waals surface area contributed by atoms with Crippen LogP contribution in [0.4, 0.5) is 5.69 Å². The molecule has 122 valence electrons. The fraction of sp³-hybridized carbons (Fsp3) is 0.167. The molecule has 2 heterocycles. The molecule has 1 amide bonds. The van der Waals surface area contributed by atoms with E-state index in [1.807, 2.05) is 54.1 Å². The molecule has 0 atom stereocenters. The Morgan fingerprint density at radius 2 is 2.00 bits per heavy atom. The van der Waals surface area contributed by atoms with Crippen LogP contribution in [0, 0.1) is 6.92 Å². The second-order valence-electron chi connectivity index (χ2n) is 5.33. The first-order valence-electron chi connectivity index (χ1n) is 7.60. The molecule has 5 nitrogen and oxygen atoms in total. The van der Waals surface area contributed by atoms with Crippen molar-refractivity contribution in [2.45, 2.75) is 12.7 Å². The van der Waals surface area contributed by atoms with Crippen molar-refractivity contribution in [3.63, 3.8) is 0 Å². The zero-order valence-corrected chi connectivity index (χ0v) is 14.2. The molecular weight excluding hydrogens is 320 g/mol. The van der Waals surface area contributed by atoms with Gasteiger partial charge in [-0.25, -0.2) is 4.68 Å². The van der Waals surface area contributed by atoms with E-state index in [9.17, 15) is 4.79 Å². The number of aromatic nitrogens is 3. The summed E-state index contributed by atoms with van der Waals surface area (Å²) in [5.74, 6) is 1.19. The Bertz CT molecular complexity index is 817. The Hall–Kier alpha value is -2.60. The minimum Gasteiger partial charge on any atom is -0.325 e. The molecule has 0 aliphatic heterocycles. The first-order chi connectivity index (χ1) is 11.7. The third-order valence-electron chi connectivity index (χ3n) is 3.46. The lowest BCUT2D eigenvalue weighted by molar-refractivity contribution is -0.113. The normalized spacial score (nSPS) is 10.5. The third-order valence-corrected chi connectivity index (χ3v) is 4.46. The van der Waals surface area contributed by atoms with Gasteiger partial charge in [0, 0.05) is 35.7 Å². The number of pyridine rings is 1. The van der Waals surface area contributed by atoms with Gasteiger partial charge < -0.3 is 5.32 Å². The minimum absolute atomic E-state index is 0.0107. The molecule has 0 radical (unpaired) electrons. The number of hydrogen-bond acceptors (Lipinski definition) is 4. The predicted octanol–water partition coefficient (Wildman–Crippen LogP) is 3.45. The van der Waals surface area contributed by atoms with Gasteiger partial charge in [0.05, 0.1) is 11.4 Å². The number of nitrogens with zero attached hydrogens (tertiary/aromatic N) is 3. The molecule has 0 saturated carbocycles. The summed E-state index contributed by atoms with van der Waals surface area (Å²) in [6.07, 6.45) is 5.29. The first-order valence-corrected chi connectivity index (χ1v) is 8.75. The van der Waals surface area contributed by atoms with Crippen LogP contribution in [0.1, 0.15) is 11.3 Å². The fourth-order valence-corrected chi connectivity index (χ4v) is 3.08. The van der Waals surface area contributed by atoms with Crippen molar-refractivity contribution in [3.05, 3.63) is 72.3 Å². The smallest absolute Gasteiger partial charge is 0.234 e. The van der Waals surface area contributed by atoms with E-state index in [0.29, 0.717) is 5.75 Å². The standard InChI is InChI=1S/C18H18N4OS/c1-14-5-10-20-22(14)17-4-2-3-16(11-17)21-18(23)13-24-12-15-6-8-19-9-7-15/h2-11H,12-13H2,1H3,(H,21,23). The fourth-order valence-electron chi connectivity index (χ4n) is 2.29. The SMILES string of the molecule is Cc1ccnn1-c1cccc(NC(=O)CSCc2ccncc2)c1. The van der Waals surface area contributed by atoms with E-state index in [-0.39, 0.29) is 5.91 Å². The van der Waals surface area contributed by atoms with E-state index in [1.165, 1.54) is 5.56 Å². The average molecular weight is 338 g/mol. The van der Waals surface area contributed by atoms with Crippen LogP contribution in [0.3, 0.4) is 0 Å². The van der Waals surface area contributed by atoms with E-state index < -0.39 is 0 Å². The van der Waals surface area contributed by atoms with Gasteiger partial charge in [-0.15, -0.1) is 11.8 Å². The Morgan fingerprint density at radius 1 is 1.17 bits per heavy atom. The highest BCUT2D eigenvalue weighted by molar-refractivity contribution is 7.99. The van der Waals surface area contributed by atoms with Crippen LogP contribution < -0.4 is 5.32 Å². The number of amides is 1. The lowest BCUT2D eigenvalue weighted by Crippen LogP contribution is -2.14. The number of anilines is 1. The van der Waals surface area contributed by atoms with E-state index in [1.54, 1.807) is 30.4 Å². The molecule has 1 N–H and O–H groups in total. The number of thioether (sulfide) groups is 1. The number of rotatable bonds is 6. The van der Waals surface area contributed by atoms with E-state index >= 15 is 0 Å². The Kier molecular flexibility index (Phi) is 5.28. The number of aryl methyl sites for hydroxylation is 1. The van der Waals surface area contributed by atoms with Gasteiger partial charge in [-0.05, 0) is 48.9 Å². The van der Waals surface area contributed by atoms with Crippen molar-refractivity contribution < 1.29 is 4.79 Å². The van der Waals surface area contributed by atoms with Gasteiger partial charge in [0.2, 0.25) is 5.91 Å². The van der Waals surface area contributed by atoms with Gasteiger partial charge in [-0.1, -0.05) is 6.07 Å². The van der Waals surface area contributed by atoms with Crippen LogP contribution in [0.5, 0.6) is 0 Å². The molecule has 6 heteroatoms. The molecule has 0 saturated heterocycles. The molecule has 0 spiro atoms. The maximum Gasteiger partial charge on any atom is 0.234 e. The number of benzene rings is 1. The Morgan fingerprint density at radius 3 is 2.75 bits per heavy atom. The van der Waals surface area contributed by atoms with Gasteiger partial charge in [-0.2, -0.15) is 5.10 Å². The molecule has 3 aromatic rings. The van der Waals surface area contributed by atoms with Gasteiger partial charge in [0.15, 0.2) is 0 Å². The van der Waals surface area contributed by atoms with Crippen LogP contribution in [-0.2, 0) is 10.5 Å². The van der Waals surface area contributed by atoms with Crippen molar-refractivity contribution in [3.8, 4) is 5.69 Å². The summed E-state index contributed by atoms with van der Waals surface area (Å²) in [6.45, 7) is 1.99. The maximum absolute atomic E-state index is 12.1. The monoisotopic (exact) mass is 338 g/mol. The molecule has 3 rings (SSSR count). The number of carbonyl (C=O) groups is 1. The third kappa shape index (κ3) is 4.23. The summed E-state index contributed by atoms with van der Waals surface area (Å²) in [5, 5.41) is 7.22. The van der Waals surface area contributed by atoms with Crippen LogP contribution in [0.15, 0.2) is 61.1 Å². The summed E-state index contributed by atoms with van der Waals surface area (Å²) < 4.78 is 1.84. The molecule has 0 bridgehead atoms. The van der Waals surface area contributed by atoms with Crippen LogP contribution in [-0.4, -0.2) is 26.4 Å². The molecule has 2 aromatic heterocycles. The predicted molar refractivity (Wildman–Crippen MR) is 97.3 cm³/mol. The molecule has 0 aliphatic rings. The highest BCUT2D eigenvalue weighted by Gasteiger charge is 2.06. The molecular formula is C18H18N4OS. The summed E-state index contributed by atoms with van der Waals surface area (Å²) in [7, 11) is 0. The Labute approximate surface area is 145 Å². The summed E-state index contributed by atoms with van der Waals surface area (Å²) >= 11 is 1.58. The van der Waals surface area contributed by atoms with Crippen molar-refractivity contribution in [1.29, 1.82) is 0 Å². The van der Waals surface area contributed by atoms with Gasteiger partial charge >= 0.3 is 0 Å². The van der Waals surface area contributed by atoms with Crippen LogP contribution >= 0.6 is 11.8 Å². The van der Waals surface area contributed by atoms with Crippen molar-refractivity contribution in [2.24, 2.45) is 0 Å². The van der Waals surface area contributed by atoms with Crippen LogP contribution in [0.25, 0.3) is 5.69 Å². The molecule has 24 heavy (non-hydrogen) atoms. The molecule has 0 fully saturated rings. The number of carbonyl (C=O) groups excluding carboxylic acids is 1. The average Bonchev–Trinajstić information content (AvgIpc) is 3.02. The highest BCUT2D eigenvalue weighted by atomic mass is 32.2. The topological polar surface area (TPSA) is 59.8 Å². The Balaban J connectivity index is 1.56. The van der Waals surface area contributed by atoms with Crippen LogP contribution in [0.2, 0.25) is 0 Å². The number of nitrogens with one attached hydrogen (secondary N) is 1. The molecule has 0 aliphatic carbocycles. The van der Waals surface area contributed by atoms with E-state index in [4.69, 9.17) is 0 Å². The molecule has 1 aromatic carbocycles. The van der Waals surface area contributed by atoms with Crippen molar-refractivity contribution in [2.75, 3.05) is 11.1 Å². The second kappa shape index (κ2) is 7.79. The van der Waals surface area contributed by atoms with Crippen molar-refractivity contribution in [1.82, 2.24) is 14.8 Å². The van der Waals surface area contributed by atoms with Gasteiger partial charge in [0.25, 0.3) is 0 Å². The zero-order valence-electron chi connectivity index (χ0n) is 13.3. The maximum atomic E-state index is 12.1. The lowest BCUT2D eigenvalue weighted by atomic mass is 10.2. The summed E-state index contributed by atoms with van der Waals surface area (Å²) in [4.78, 5) is 16.1. The number of hydrogen-bond donors (Lipinski definition) is 1. The highest BCUT2D eigenvalue weighted by Crippen LogP contribution is 2.17. The zero-order chi connectivity index (χ0) is 16.8. The second-order valence-corrected chi connectivity index (χ2v) is 6.32. The lowest BCUT2D eigenvalue weighted by Gasteiger charge is -2.09. The minimum atomic E-state index is -0.0107. The quantitative estimate of drug-likeness (QED) is 0.748. The van der Waals surface area contributed by atoms with Crippen molar-refractivity contribution >= 4 is 23.4 Å².